The van der Waals surface area contributed by atoms with Crippen molar-refractivity contribution in [2.45, 2.75) is 33.6 Å². The van der Waals surface area contributed by atoms with Gasteiger partial charge in [-0.1, -0.05) is 32.4 Å². The van der Waals surface area contributed by atoms with Gasteiger partial charge in [-0.3, -0.25) is 14.5 Å². The summed E-state index contributed by atoms with van der Waals surface area (Å²) in [5.74, 6) is -0.0968. The van der Waals surface area contributed by atoms with Gasteiger partial charge in [0.25, 0.3) is 0 Å². The quantitative estimate of drug-likeness (QED) is 0.535. The van der Waals surface area contributed by atoms with Crippen molar-refractivity contribution in [1.29, 1.82) is 0 Å². The second-order valence-electron chi connectivity index (χ2n) is 7.17. The maximum absolute atomic E-state index is 12.6. The third-order valence-corrected chi connectivity index (χ3v) is 4.68. The number of rotatable bonds is 7. The fraction of sp³-hybridized carbons (Fsp3) is 0.526. The molecule has 0 bridgehead atoms. The van der Waals surface area contributed by atoms with Crippen LogP contribution in [0.3, 0.4) is 0 Å². The molecule has 1 fully saturated rings. The molecule has 0 spiro atoms. The summed E-state index contributed by atoms with van der Waals surface area (Å²) in [6, 6.07) is 4.55. The number of likely N-dealkylation sites (tertiary alicyclic amines) is 1. The van der Waals surface area contributed by atoms with Crippen molar-refractivity contribution in [2.75, 3.05) is 20.3 Å². The molecule has 1 aromatic carbocycles. The molecule has 1 aromatic rings. The van der Waals surface area contributed by atoms with Gasteiger partial charge in [0.05, 0.1) is 29.7 Å². The Labute approximate surface area is 158 Å². The molecule has 26 heavy (non-hydrogen) atoms. The molecule has 1 unspecified atom stereocenters. The lowest BCUT2D eigenvalue weighted by molar-refractivity contribution is -0.141. The molecule has 1 atom stereocenters. The molecule has 1 saturated heterocycles. The van der Waals surface area contributed by atoms with Gasteiger partial charge in [-0.2, -0.15) is 0 Å². The number of methoxy groups -OCH3 is 1. The molecule has 0 radical (unpaired) electrons. The van der Waals surface area contributed by atoms with Crippen LogP contribution in [0.1, 0.15) is 44.0 Å². The molecule has 1 aliphatic heterocycles. The molecule has 7 heteroatoms. The number of hydrogen-bond acceptors (Lipinski definition) is 5. The van der Waals surface area contributed by atoms with E-state index in [9.17, 15) is 14.4 Å². The molecule has 0 aromatic heterocycles. The standard InChI is InChI=1S/C19H24ClNO5/c1-12(2)10-19(3)11-16(22)21(18(19)24)7-8-26-15-6-5-13(9-14(15)20)17(23)25-4/h5-6,9,12H,7-8,10-11H2,1-4H3. The van der Waals surface area contributed by atoms with Gasteiger partial charge in [0.1, 0.15) is 12.4 Å². The zero-order chi connectivity index (χ0) is 19.5. The van der Waals surface area contributed by atoms with Crippen molar-refractivity contribution in [1.82, 2.24) is 4.90 Å². The van der Waals surface area contributed by atoms with Gasteiger partial charge in [0.2, 0.25) is 11.8 Å². The molecule has 0 N–H and O–H groups in total. The van der Waals surface area contributed by atoms with Gasteiger partial charge in [0.15, 0.2) is 0 Å². The lowest BCUT2D eigenvalue weighted by atomic mass is 9.80. The van der Waals surface area contributed by atoms with Crippen LogP contribution < -0.4 is 4.74 Å². The number of nitrogens with zero attached hydrogens (tertiary/aromatic N) is 1. The van der Waals surface area contributed by atoms with E-state index in [0.717, 1.165) is 0 Å². The molecule has 142 valence electrons. The number of carbonyl (C=O) groups excluding carboxylic acids is 3. The number of amides is 2. The molecular weight excluding hydrogens is 358 g/mol. The molecule has 0 aliphatic carbocycles. The minimum absolute atomic E-state index is 0.131. The van der Waals surface area contributed by atoms with E-state index in [-0.39, 0.29) is 36.4 Å². The van der Waals surface area contributed by atoms with Gasteiger partial charge in [-0.25, -0.2) is 4.79 Å². The Morgan fingerprint density at radius 2 is 2.04 bits per heavy atom. The molecule has 6 nitrogen and oxygen atoms in total. The number of benzene rings is 1. The number of esters is 1. The largest absolute Gasteiger partial charge is 0.490 e. The molecule has 0 saturated carbocycles. The monoisotopic (exact) mass is 381 g/mol. The minimum Gasteiger partial charge on any atom is -0.490 e. The van der Waals surface area contributed by atoms with Crippen LogP contribution >= 0.6 is 11.6 Å². The highest BCUT2D eigenvalue weighted by Gasteiger charge is 2.47. The van der Waals surface area contributed by atoms with Gasteiger partial charge in [0, 0.05) is 6.42 Å². The first-order valence-corrected chi connectivity index (χ1v) is 8.91. The average molecular weight is 382 g/mol. The molecule has 2 rings (SSSR count). The van der Waals surface area contributed by atoms with E-state index in [0.29, 0.717) is 23.7 Å². The number of hydrogen-bond donors (Lipinski definition) is 0. The number of ether oxygens (including phenoxy) is 2. The third kappa shape index (κ3) is 4.36. The second-order valence-corrected chi connectivity index (χ2v) is 7.58. The van der Waals surface area contributed by atoms with E-state index in [2.05, 4.69) is 4.74 Å². The first-order chi connectivity index (χ1) is 12.2. The summed E-state index contributed by atoms with van der Waals surface area (Å²) in [5.41, 5.74) is -0.315. The van der Waals surface area contributed by atoms with E-state index in [1.165, 1.54) is 18.1 Å². The summed E-state index contributed by atoms with van der Waals surface area (Å²) in [6.45, 7) is 6.22. The summed E-state index contributed by atoms with van der Waals surface area (Å²) in [5, 5.41) is 0.261. The summed E-state index contributed by atoms with van der Waals surface area (Å²) in [4.78, 5) is 37.6. The van der Waals surface area contributed by atoms with Crippen LogP contribution in [0.4, 0.5) is 0 Å². The Bertz CT molecular complexity index is 718. The normalized spacial score (nSPS) is 20.0. The van der Waals surface area contributed by atoms with E-state index < -0.39 is 11.4 Å². The van der Waals surface area contributed by atoms with Crippen LogP contribution in [-0.4, -0.2) is 42.9 Å². The number of imide groups is 1. The summed E-state index contributed by atoms with van der Waals surface area (Å²) >= 11 is 6.11. The average Bonchev–Trinajstić information content (AvgIpc) is 2.77. The van der Waals surface area contributed by atoms with Gasteiger partial charge in [-0.15, -0.1) is 0 Å². The van der Waals surface area contributed by atoms with E-state index in [4.69, 9.17) is 16.3 Å². The zero-order valence-electron chi connectivity index (χ0n) is 15.5. The molecule has 1 aliphatic rings. The van der Waals surface area contributed by atoms with Crippen molar-refractivity contribution in [3.05, 3.63) is 28.8 Å². The van der Waals surface area contributed by atoms with Crippen LogP contribution in [0.5, 0.6) is 5.75 Å². The summed E-state index contributed by atoms with van der Waals surface area (Å²) < 4.78 is 10.2. The first kappa shape index (κ1) is 20.2. The van der Waals surface area contributed by atoms with Crippen molar-refractivity contribution in [3.8, 4) is 5.75 Å². The van der Waals surface area contributed by atoms with E-state index in [1.807, 2.05) is 20.8 Å². The number of halogens is 1. The van der Waals surface area contributed by atoms with Gasteiger partial charge < -0.3 is 9.47 Å². The predicted molar refractivity (Wildman–Crippen MR) is 97.2 cm³/mol. The van der Waals surface area contributed by atoms with Gasteiger partial charge >= 0.3 is 5.97 Å². The van der Waals surface area contributed by atoms with Crippen molar-refractivity contribution in [3.63, 3.8) is 0 Å². The van der Waals surface area contributed by atoms with Crippen molar-refractivity contribution < 1.29 is 23.9 Å². The Hall–Kier alpha value is -2.08. The highest BCUT2D eigenvalue weighted by molar-refractivity contribution is 6.32. The Morgan fingerprint density at radius 1 is 1.35 bits per heavy atom. The van der Waals surface area contributed by atoms with Gasteiger partial charge in [-0.05, 0) is 30.5 Å². The first-order valence-electron chi connectivity index (χ1n) is 8.53. The topological polar surface area (TPSA) is 72.9 Å². The summed E-state index contributed by atoms with van der Waals surface area (Å²) in [7, 11) is 1.29. The predicted octanol–water partition coefficient (Wildman–Crippen LogP) is 3.32. The highest BCUT2D eigenvalue weighted by Crippen LogP contribution is 2.38. The molecule has 1 heterocycles. The van der Waals surface area contributed by atoms with E-state index >= 15 is 0 Å². The summed E-state index contributed by atoms with van der Waals surface area (Å²) in [6.07, 6.45) is 0.911. The maximum Gasteiger partial charge on any atom is 0.337 e. The maximum atomic E-state index is 12.6. The SMILES string of the molecule is COC(=O)c1ccc(OCCN2C(=O)CC(C)(CC(C)C)C2=O)c(Cl)c1. The minimum atomic E-state index is -0.634. The third-order valence-electron chi connectivity index (χ3n) is 4.39. The fourth-order valence-corrected chi connectivity index (χ4v) is 3.58. The Balaban J connectivity index is 1.96. The Kier molecular flexibility index (Phi) is 6.29. The Morgan fingerprint density at radius 3 is 2.62 bits per heavy atom. The van der Waals surface area contributed by atoms with Crippen LogP contribution in [0.25, 0.3) is 0 Å². The van der Waals surface area contributed by atoms with Crippen LogP contribution in [0, 0.1) is 11.3 Å². The van der Waals surface area contributed by atoms with Crippen LogP contribution in [0.2, 0.25) is 5.02 Å². The van der Waals surface area contributed by atoms with Crippen LogP contribution in [-0.2, 0) is 14.3 Å². The fourth-order valence-electron chi connectivity index (χ4n) is 3.34. The zero-order valence-corrected chi connectivity index (χ0v) is 16.3. The lowest BCUT2D eigenvalue weighted by Crippen LogP contribution is -2.37. The second kappa shape index (κ2) is 8.08. The smallest absolute Gasteiger partial charge is 0.337 e. The highest BCUT2D eigenvalue weighted by atomic mass is 35.5. The molecule has 2 amide bonds. The van der Waals surface area contributed by atoms with E-state index in [1.54, 1.807) is 12.1 Å². The van der Waals surface area contributed by atoms with Crippen molar-refractivity contribution in [2.24, 2.45) is 11.3 Å². The van der Waals surface area contributed by atoms with Crippen LogP contribution in [0.15, 0.2) is 18.2 Å². The molecular formula is C19H24ClNO5. The van der Waals surface area contributed by atoms with Crippen molar-refractivity contribution >= 4 is 29.4 Å². The number of carbonyl (C=O) groups is 3. The lowest BCUT2D eigenvalue weighted by Gasteiger charge is -2.24.